The summed E-state index contributed by atoms with van der Waals surface area (Å²) in [4.78, 5) is 3.27. The van der Waals surface area contributed by atoms with Crippen LogP contribution in [-0.2, 0) is 10.0 Å². The minimum atomic E-state index is -4.20. The van der Waals surface area contributed by atoms with Crippen LogP contribution in [0, 0.1) is 11.6 Å². The Labute approximate surface area is 114 Å². The van der Waals surface area contributed by atoms with Gasteiger partial charge in [-0.2, -0.15) is 0 Å². The highest BCUT2D eigenvalue weighted by Gasteiger charge is 2.23. The summed E-state index contributed by atoms with van der Waals surface area (Å²) < 4.78 is 54.8. The van der Waals surface area contributed by atoms with Crippen LogP contribution in [0.25, 0.3) is 11.1 Å². The fraction of sp³-hybridized carbons (Fsp3) is 0.0833. The van der Waals surface area contributed by atoms with E-state index in [1.807, 2.05) is 0 Å². The van der Waals surface area contributed by atoms with E-state index in [9.17, 15) is 17.2 Å². The Balaban J connectivity index is 2.81. The smallest absolute Gasteiger partial charge is 0.244 e. The quantitative estimate of drug-likeness (QED) is 0.935. The highest BCUT2D eigenvalue weighted by atomic mass is 32.2. The molecule has 0 unspecified atom stereocenters. The lowest BCUT2D eigenvalue weighted by Gasteiger charge is -2.11. The molecule has 0 aliphatic carbocycles. The molecule has 106 valence electrons. The lowest BCUT2D eigenvalue weighted by atomic mass is 10.1. The van der Waals surface area contributed by atoms with Gasteiger partial charge in [-0.25, -0.2) is 27.3 Å². The molecule has 0 aliphatic rings. The fourth-order valence-corrected chi connectivity index (χ4v) is 2.63. The second kappa shape index (κ2) is 5.14. The van der Waals surface area contributed by atoms with E-state index >= 15 is 0 Å². The number of nitrogens with zero attached hydrogens (tertiary/aromatic N) is 1. The number of aromatic nitrogens is 1. The summed E-state index contributed by atoms with van der Waals surface area (Å²) in [6.07, 6.45) is 1.24. The molecule has 0 bridgehead atoms. The molecule has 0 spiro atoms. The van der Waals surface area contributed by atoms with Gasteiger partial charge >= 0.3 is 0 Å². The van der Waals surface area contributed by atoms with Crippen LogP contribution in [0.15, 0.2) is 35.4 Å². The van der Waals surface area contributed by atoms with Crippen LogP contribution in [0.1, 0.15) is 0 Å². The molecular weight excluding hydrogens is 290 g/mol. The average molecular weight is 300 g/mol. The van der Waals surface area contributed by atoms with E-state index < -0.39 is 26.6 Å². The SMILES string of the molecule is COc1nccc(-c2ccc(F)cc2F)c1S(N)(=O)=O. The molecule has 2 rings (SSSR count). The summed E-state index contributed by atoms with van der Waals surface area (Å²) in [6, 6.07) is 4.04. The first-order chi connectivity index (χ1) is 9.34. The lowest BCUT2D eigenvalue weighted by molar-refractivity contribution is 0.385. The van der Waals surface area contributed by atoms with Gasteiger partial charge in [0, 0.05) is 23.4 Å². The number of primary sulfonamides is 1. The number of halogens is 2. The molecule has 8 heteroatoms. The van der Waals surface area contributed by atoms with Crippen molar-refractivity contribution < 1.29 is 21.9 Å². The maximum atomic E-state index is 13.8. The Kier molecular flexibility index (Phi) is 3.69. The minimum absolute atomic E-state index is 0.0446. The van der Waals surface area contributed by atoms with Gasteiger partial charge in [0.25, 0.3) is 0 Å². The van der Waals surface area contributed by atoms with Crippen LogP contribution in [-0.4, -0.2) is 20.5 Å². The van der Waals surface area contributed by atoms with Crippen molar-refractivity contribution in [1.82, 2.24) is 4.98 Å². The van der Waals surface area contributed by atoms with Crippen molar-refractivity contribution in [1.29, 1.82) is 0 Å². The summed E-state index contributed by atoms with van der Waals surface area (Å²) >= 11 is 0. The number of pyridine rings is 1. The van der Waals surface area contributed by atoms with E-state index in [0.29, 0.717) is 6.07 Å². The largest absolute Gasteiger partial charge is 0.480 e. The van der Waals surface area contributed by atoms with Crippen LogP contribution in [0.4, 0.5) is 8.78 Å². The first kappa shape index (κ1) is 14.4. The Morgan fingerprint density at radius 1 is 1.20 bits per heavy atom. The number of ether oxygens (including phenoxy) is 1. The van der Waals surface area contributed by atoms with Gasteiger partial charge in [-0.3, -0.25) is 0 Å². The highest BCUT2D eigenvalue weighted by molar-refractivity contribution is 7.89. The highest BCUT2D eigenvalue weighted by Crippen LogP contribution is 2.33. The fourth-order valence-electron chi connectivity index (χ4n) is 1.77. The molecule has 5 nitrogen and oxygen atoms in total. The van der Waals surface area contributed by atoms with Crippen LogP contribution in [0.5, 0.6) is 5.88 Å². The van der Waals surface area contributed by atoms with E-state index in [4.69, 9.17) is 9.88 Å². The number of methoxy groups -OCH3 is 1. The second-order valence-corrected chi connectivity index (χ2v) is 5.36. The zero-order chi connectivity index (χ0) is 14.9. The van der Waals surface area contributed by atoms with Crippen molar-refractivity contribution in [2.45, 2.75) is 4.90 Å². The number of nitrogens with two attached hydrogens (primary N) is 1. The number of rotatable bonds is 3. The summed E-state index contributed by atoms with van der Waals surface area (Å²) in [5.41, 5.74) is -0.159. The van der Waals surface area contributed by atoms with Gasteiger partial charge in [-0.1, -0.05) is 0 Å². The molecule has 0 saturated carbocycles. The van der Waals surface area contributed by atoms with Crippen molar-refractivity contribution in [3.8, 4) is 17.0 Å². The molecule has 0 radical (unpaired) electrons. The maximum absolute atomic E-state index is 13.8. The van der Waals surface area contributed by atoms with Gasteiger partial charge in [-0.05, 0) is 18.2 Å². The van der Waals surface area contributed by atoms with Gasteiger partial charge in [0.1, 0.15) is 11.6 Å². The third-order valence-corrected chi connectivity index (χ3v) is 3.53. The van der Waals surface area contributed by atoms with Crippen LogP contribution in [0.3, 0.4) is 0 Å². The molecule has 1 aromatic heterocycles. The van der Waals surface area contributed by atoms with Gasteiger partial charge < -0.3 is 4.74 Å². The van der Waals surface area contributed by atoms with Crippen molar-refractivity contribution >= 4 is 10.0 Å². The molecule has 1 heterocycles. The Bertz CT molecular complexity index is 763. The van der Waals surface area contributed by atoms with Crippen LogP contribution >= 0.6 is 0 Å². The summed E-state index contributed by atoms with van der Waals surface area (Å²) in [5, 5.41) is 5.11. The predicted molar refractivity (Wildman–Crippen MR) is 67.5 cm³/mol. The third-order valence-electron chi connectivity index (χ3n) is 2.57. The van der Waals surface area contributed by atoms with Crippen molar-refractivity contribution in [3.63, 3.8) is 0 Å². The van der Waals surface area contributed by atoms with Crippen LogP contribution in [0.2, 0.25) is 0 Å². The van der Waals surface area contributed by atoms with Gasteiger partial charge in [0.15, 0.2) is 4.90 Å². The zero-order valence-corrected chi connectivity index (χ0v) is 11.1. The third kappa shape index (κ3) is 2.61. The number of sulfonamides is 1. The molecule has 0 saturated heterocycles. The number of benzene rings is 1. The van der Waals surface area contributed by atoms with Crippen molar-refractivity contribution in [2.24, 2.45) is 5.14 Å². The normalized spacial score (nSPS) is 11.4. The minimum Gasteiger partial charge on any atom is -0.480 e. The summed E-state index contributed by atoms with van der Waals surface area (Å²) in [6.45, 7) is 0. The van der Waals surface area contributed by atoms with Crippen LogP contribution < -0.4 is 9.88 Å². The number of hydrogen-bond donors (Lipinski definition) is 1. The molecule has 1 aromatic carbocycles. The molecule has 0 fully saturated rings. The van der Waals surface area contributed by atoms with Gasteiger partial charge in [0.2, 0.25) is 15.9 Å². The maximum Gasteiger partial charge on any atom is 0.244 e. The Morgan fingerprint density at radius 3 is 2.45 bits per heavy atom. The van der Waals surface area contributed by atoms with E-state index in [2.05, 4.69) is 4.98 Å². The monoisotopic (exact) mass is 300 g/mol. The first-order valence-corrected chi connectivity index (χ1v) is 6.90. The summed E-state index contributed by atoms with van der Waals surface area (Å²) in [5.74, 6) is -1.94. The molecule has 0 aliphatic heterocycles. The molecule has 0 amide bonds. The molecule has 2 N–H and O–H groups in total. The Hall–Kier alpha value is -2.06. The Morgan fingerprint density at radius 2 is 1.90 bits per heavy atom. The molecule has 0 atom stereocenters. The predicted octanol–water partition coefficient (Wildman–Crippen LogP) is 1.68. The van der Waals surface area contributed by atoms with Gasteiger partial charge in [-0.15, -0.1) is 0 Å². The van der Waals surface area contributed by atoms with Crippen molar-refractivity contribution in [2.75, 3.05) is 7.11 Å². The molecule has 2 aromatic rings. The first-order valence-electron chi connectivity index (χ1n) is 5.36. The standard InChI is InChI=1S/C12H10F2N2O3S/c1-19-12-11(20(15,17)18)9(4-5-16-12)8-3-2-7(13)6-10(8)14/h2-6H,1H3,(H2,15,17,18). The van der Waals surface area contributed by atoms with Crippen molar-refractivity contribution in [3.05, 3.63) is 42.1 Å². The lowest BCUT2D eigenvalue weighted by Crippen LogP contribution is -2.15. The van der Waals surface area contributed by atoms with E-state index in [-0.39, 0.29) is 17.0 Å². The molecular formula is C12H10F2N2O3S. The average Bonchev–Trinajstić information content (AvgIpc) is 2.36. The van der Waals surface area contributed by atoms with Gasteiger partial charge in [0.05, 0.1) is 7.11 Å². The van der Waals surface area contributed by atoms with E-state index in [1.54, 1.807) is 0 Å². The second-order valence-electron chi connectivity index (χ2n) is 3.87. The topological polar surface area (TPSA) is 82.3 Å². The van der Waals surface area contributed by atoms with E-state index in [0.717, 1.165) is 12.1 Å². The van der Waals surface area contributed by atoms with E-state index in [1.165, 1.54) is 19.4 Å². The summed E-state index contributed by atoms with van der Waals surface area (Å²) in [7, 11) is -2.99. The molecule has 20 heavy (non-hydrogen) atoms. The zero-order valence-electron chi connectivity index (χ0n) is 10.3. The number of hydrogen-bond acceptors (Lipinski definition) is 4.